The number of nitrogens with one attached hydrogen (secondary N) is 2. The lowest BCUT2D eigenvalue weighted by Crippen LogP contribution is -2.24. The summed E-state index contributed by atoms with van der Waals surface area (Å²) in [5, 5.41) is 6.34. The molecule has 0 atom stereocenters. The minimum atomic E-state index is 0.0360. The van der Waals surface area contributed by atoms with Gasteiger partial charge in [-0.05, 0) is 28.8 Å². The van der Waals surface area contributed by atoms with Crippen LogP contribution in [0.1, 0.15) is 16.7 Å². The van der Waals surface area contributed by atoms with Crippen molar-refractivity contribution in [2.45, 2.75) is 19.5 Å². The molecule has 0 aliphatic rings. The van der Waals surface area contributed by atoms with Crippen molar-refractivity contribution in [1.82, 2.24) is 5.32 Å². The monoisotopic (exact) mass is 330 g/mol. The van der Waals surface area contributed by atoms with Gasteiger partial charge in [-0.2, -0.15) is 0 Å². The molecule has 3 aromatic carbocycles. The average Bonchev–Trinajstić information content (AvgIpc) is 2.67. The Morgan fingerprint density at radius 1 is 0.640 bits per heavy atom. The summed E-state index contributed by atoms with van der Waals surface area (Å²) in [7, 11) is 0. The van der Waals surface area contributed by atoms with Crippen molar-refractivity contribution >= 4 is 11.6 Å². The molecule has 1 amide bonds. The fourth-order valence-corrected chi connectivity index (χ4v) is 2.58. The first-order valence-electron chi connectivity index (χ1n) is 8.47. The number of anilines is 1. The number of carbonyl (C=O) groups is 1. The molecule has 0 aliphatic carbocycles. The van der Waals surface area contributed by atoms with Gasteiger partial charge in [-0.15, -0.1) is 0 Å². The van der Waals surface area contributed by atoms with E-state index in [4.69, 9.17) is 0 Å². The molecule has 0 heterocycles. The van der Waals surface area contributed by atoms with Crippen LogP contribution in [0.2, 0.25) is 0 Å². The Labute approximate surface area is 148 Å². The van der Waals surface area contributed by atoms with Crippen LogP contribution in [-0.4, -0.2) is 5.91 Å². The van der Waals surface area contributed by atoms with Crippen molar-refractivity contribution in [2.24, 2.45) is 0 Å². The predicted molar refractivity (Wildman–Crippen MR) is 102 cm³/mol. The predicted octanol–water partition coefficient (Wildman–Crippen LogP) is 4.16. The van der Waals surface area contributed by atoms with Crippen molar-refractivity contribution in [2.75, 3.05) is 5.32 Å². The maximum Gasteiger partial charge on any atom is 0.224 e. The zero-order valence-electron chi connectivity index (χ0n) is 14.1. The molecular weight excluding hydrogens is 308 g/mol. The molecular formula is C22H22N2O. The van der Waals surface area contributed by atoms with Gasteiger partial charge in [-0.3, -0.25) is 4.79 Å². The Bertz CT molecular complexity index is 783. The van der Waals surface area contributed by atoms with E-state index >= 15 is 0 Å². The van der Waals surface area contributed by atoms with Crippen LogP contribution in [0, 0.1) is 0 Å². The SMILES string of the molecule is O=C(Cc1ccc(NCc2ccccc2)cc1)NCc1ccccc1. The van der Waals surface area contributed by atoms with E-state index in [1.54, 1.807) is 0 Å². The summed E-state index contributed by atoms with van der Waals surface area (Å²) in [6.45, 7) is 1.36. The van der Waals surface area contributed by atoms with E-state index in [1.807, 2.05) is 72.8 Å². The fraction of sp³-hybridized carbons (Fsp3) is 0.136. The molecule has 0 unspecified atom stereocenters. The standard InChI is InChI=1S/C22H22N2O/c25-22(24-17-20-9-5-2-6-10-20)15-18-11-13-21(14-12-18)23-16-19-7-3-1-4-8-19/h1-14,23H,15-17H2,(H,24,25). The zero-order chi connectivity index (χ0) is 17.3. The third-order valence-electron chi connectivity index (χ3n) is 3.99. The Hall–Kier alpha value is -3.07. The van der Waals surface area contributed by atoms with Crippen molar-refractivity contribution in [3.63, 3.8) is 0 Å². The first-order valence-corrected chi connectivity index (χ1v) is 8.47. The van der Waals surface area contributed by atoms with E-state index in [-0.39, 0.29) is 5.91 Å². The van der Waals surface area contributed by atoms with Gasteiger partial charge in [0.15, 0.2) is 0 Å². The molecule has 0 saturated heterocycles. The Morgan fingerprint density at radius 3 is 1.80 bits per heavy atom. The second kappa shape index (κ2) is 8.69. The Balaban J connectivity index is 1.46. The van der Waals surface area contributed by atoms with Crippen LogP contribution in [0.5, 0.6) is 0 Å². The molecule has 0 bridgehead atoms. The Morgan fingerprint density at radius 2 is 1.20 bits per heavy atom. The van der Waals surface area contributed by atoms with Crippen LogP contribution in [0.4, 0.5) is 5.69 Å². The van der Waals surface area contributed by atoms with Crippen molar-refractivity contribution in [3.05, 3.63) is 102 Å². The van der Waals surface area contributed by atoms with Crippen molar-refractivity contribution in [1.29, 1.82) is 0 Å². The van der Waals surface area contributed by atoms with Crippen LogP contribution < -0.4 is 10.6 Å². The van der Waals surface area contributed by atoms with E-state index < -0.39 is 0 Å². The van der Waals surface area contributed by atoms with Crippen LogP contribution in [0.15, 0.2) is 84.9 Å². The molecule has 0 aliphatic heterocycles. The minimum absolute atomic E-state index is 0.0360. The molecule has 25 heavy (non-hydrogen) atoms. The Kier molecular flexibility index (Phi) is 5.83. The van der Waals surface area contributed by atoms with Gasteiger partial charge >= 0.3 is 0 Å². The summed E-state index contributed by atoms with van der Waals surface area (Å²) >= 11 is 0. The van der Waals surface area contributed by atoms with Gasteiger partial charge in [0.2, 0.25) is 5.91 Å². The molecule has 0 aromatic heterocycles. The third kappa shape index (κ3) is 5.50. The molecule has 2 N–H and O–H groups in total. The first kappa shape index (κ1) is 16.8. The van der Waals surface area contributed by atoms with E-state index in [1.165, 1.54) is 5.56 Å². The number of hydrogen-bond acceptors (Lipinski definition) is 2. The highest BCUT2D eigenvalue weighted by Gasteiger charge is 2.03. The van der Waals surface area contributed by atoms with Gasteiger partial charge < -0.3 is 10.6 Å². The molecule has 3 nitrogen and oxygen atoms in total. The topological polar surface area (TPSA) is 41.1 Å². The van der Waals surface area contributed by atoms with E-state index in [0.29, 0.717) is 13.0 Å². The van der Waals surface area contributed by atoms with Crippen LogP contribution in [-0.2, 0) is 24.3 Å². The maximum atomic E-state index is 12.1. The number of amides is 1. The van der Waals surface area contributed by atoms with Gasteiger partial charge in [0.05, 0.1) is 6.42 Å². The van der Waals surface area contributed by atoms with E-state index in [2.05, 4.69) is 22.8 Å². The van der Waals surface area contributed by atoms with Crippen molar-refractivity contribution < 1.29 is 4.79 Å². The van der Waals surface area contributed by atoms with Crippen LogP contribution in [0.3, 0.4) is 0 Å². The number of hydrogen-bond donors (Lipinski definition) is 2. The summed E-state index contributed by atoms with van der Waals surface area (Å²) in [4.78, 5) is 12.1. The second-order valence-electron chi connectivity index (χ2n) is 5.98. The van der Waals surface area contributed by atoms with E-state index in [0.717, 1.165) is 23.4 Å². The number of carbonyl (C=O) groups excluding carboxylic acids is 1. The zero-order valence-corrected chi connectivity index (χ0v) is 14.1. The minimum Gasteiger partial charge on any atom is -0.381 e. The second-order valence-corrected chi connectivity index (χ2v) is 5.98. The summed E-state index contributed by atoms with van der Waals surface area (Å²) in [5.41, 5.74) is 4.41. The summed E-state index contributed by atoms with van der Waals surface area (Å²) in [5.74, 6) is 0.0360. The fourth-order valence-electron chi connectivity index (χ4n) is 2.58. The van der Waals surface area contributed by atoms with Crippen LogP contribution in [0.25, 0.3) is 0 Å². The third-order valence-corrected chi connectivity index (χ3v) is 3.99. The normalized spacial score (nSPS) is 10.2. The molecule has 3 aromatic rings. The average molecular weight is 330 g/mol. The maximum absolute atomic E-state index is 12.1. The summed E-state index contributed by atoms with van der Waals surface area (Å²) in [6.07, 6.45) is 0.395. The largest absolute Gasteiger partial charge is 0.381 e. The molecule has 3 heteroatoms. The lowest BCUT2D eigenvalue weighted by atomic mass is 10.1. The molecule has 0 spiro atoms. The highest BCUT2D eigenvalue weighted by atomic mass is 16.1. The van der Waals surface area contributed by atoms with Gasteiger partial charge in [0.25, 0.3) is 0 Å². The molecule has 3 rings (SSSR count). The molecule has 0 fully saturated rings. The van der Waals surface area contributed by atoms with Gasteiger partial charge in [-0.1, -0.05) is 72.8 Å². The van der Waals surface area contributed by atoms with Crippen LogP contribution >= 0.6 is 0 Å². The molecule has 0 saturated carbocycles. The molecule has 0 radical (unpaired) electrons. The first-order chi connectivity index (χ1) is 12.3. The lowest BCUT2D eigenvalue weighted by Gasteiger charge is -2.08. The highest BCUT2D eigenvalue weighted by molar-refractivity contribution is 5.78. The van der Waals surface area contributed by atoms with Gasteiger partial charge in [-0.25, -0.2) is 0 Å². The number of benzene rings is 3. The smallest absolute Gasteiger partial charge is 0.224 e. The highest BCUT2D eigenvalue weighted by Crippen LogP contribution is 2.12. The van der Waals surface area contributed by atoms with E-state index in [9.17, 15) is 4.79 Å². The summed E-state index contributed by atoms with van der Waals surface area (Å²) < 4.78 is 0. The summed E-state index contributed by atoms with van der Waals surface area (Å²) in [6, 6.07) is 28.2. The van der Waals surface area contributed by atoms with Gasteiger partial charge in [0.1, 0.15) is 0 Å². The molecule has 126 valence electrons. The van der Waals surface area contributed by atoms with Gasteiger partial charge in [0, 0.05) is 18.8 Å². The quantitative estimate of drug-likeness (QED) is 0.683. The number of rotatable bonds is 7. The van der Waals surface area contributed by atoms with Crippen molar-refractivity contribution in [3.8, 4) is 0 Å². The lowest BCUT2D eigenvalue weighted by molar-refractivity contribution is -0.120.